The number of aldehydes is 1. The Hall–Kier alpha value is -1.71. The Bertz CT molecular complexity index is 372. The first-order chi connectivity index (χ1) is 7.63. The second-order valence-electron chi connectivity index (χ2n) is 3.50. The summed E-state index contributed by atoms with van der Waals surface area (Å²) < 4.78 is 15.9. The first kappa shape index (κ1) is 12.4. The summed E-state index contributed by atoms with van der Waals surface area (Å²) >= 11 is 0. The molecule has 0 saturated heterocycles. The van der Waals surface area contributed by atoms with E-state index in [-0.39, 0.29) is 6.10 Å². The van der Waals surface area contributed by atoms with Gasteiger partial charge in [0, 0.05) is 0 Å². The molecule has 0 aliphatic heterocycles. The molecule has 0 fully saturated rings. The molecule has 4 nitrogen and oxygen atoms in total. The molecule has 1 aromatic rings. The highest BCUT2D eigenvalue weighted by Gasteiger charge is 2.16. The van der Waals surface area contributed by atoms with Crippen molar-refractivity contribution in [2.75, 3.05) is 14.2 Å². The van der Waals surface area contributed by atoms with E-state index in [0.717, 1.165) is 6.29 Å². The first-order valence-electron chi connectivity index (χ1n) is 5.00. The molecule has 4 heteroatoms. The van der Waals surface area contributed by atoms with Crippen molar-refractivity contribution < 1.29 is 19.0 Å². The third kappa shape index (κ3) is 2.45. The number of rotatable bonds is 5. The first-order valence-corrected chi connectivity index (χ1v) is 5.00. The van der Waals surface area contributed by atoms with E-state index in [2.05, 4.69) is 0 Å². The van der Waals surface area contributed by atoms with Gasteiger partial charge in [0.05, 0.1) is 25.9 Å². The molecule has 0 bridgehead atoms. The predicted molar refractivity (Wildman–Crippen MR) is 60.7 cm³/mol. The SMILES string of the molecule is COc1c(C=O)ccc(OC(C)C)c1OC. The van der Waals surface area contributed by atoms with Crippen LogP contribution in [0.2, 0.25) is 0 Å². The quantitative estimate of drug-likeness (QED) is 0.720. The van der Waals surface area contributed by atoms with Gasteiger partial charge in [-0.1, -0.05) is 0 Å². The summed E-state index contributed by atoms with van der Waals surface area (Å²) in [7, 11) is 3.00. The van der Waals surface area contributed by atoms with Crippen molar-refractivity contribution in [3.8, 4) is 17.2 Å². The largest absolute Gasteiger partial charge is 0.492 e. The summed E-state index contributed by atoms with van der Waals surface area (Å²) in [4.78, 5) is 10.8. The zero-order chi connectivity index (χ0) is 12.1. The van der Waals surface area contributed by atoms with Gasteiger partial charge in [-0.05, 0) is 26.0 Å². The van der Waals surface area contributed by atoms with Gasteiger partial charge in [0.15, 0.2) is 17.8 Å². The topological polar surface area (TPSA) is 44.8 Å². The van der Waals surface area contributed by atoms with Gasteiger partial charge in [-0.2, -0.15) is 0 Å². The van der Waals surface area contributed by atoms with Crippen LogP contribution in [0.3, 0.4) is 0 Å². The lowest BCUT2D eigenvalue weighted by Crippen LogP contribution is -2.07. The molecule has 0 amide bonds. The smallest absolute Gasteiger partial charge is 0.204 e. The predicted octanol–water partition coefficient (Wildman–Crippen LogP) is 2.30. The minimum absolute atomic E-state index is 0.0284. The van der Waals surface area contributed by atoms with Gasteiger partial charge in [0.25, 0.3) is 0 Å². The average Bonchev–Trinajstić information content (AvgIpc) is 2.27. The minimum atomic E-state index is 0.0284. The Morgan fingerprint density at radius 1 is 1.12 bits per heavy atom. The van der Waals surface area contributed by atoms with Gasteiger partial charge in [0.2, 0.25) is 5.75 Å². The third-order valence-corrected chi connectivity index (χ3v) is 2.00. The molecule has 0 aromatic heterocycles. The minimum Gasteiger partial charge on any atom is -0.492 e. The summed E-state index contributed by atoms with van der Waals surface area (Å²) in [6.07, 6.45) is 0.751. The average molecular weight is 224 g/mol. The lowest BCUT2D eigenvalue weighted by atomic mass is 10.2. The molecule has 0 radical (unpaired) electrons. The molecule has 0 aliphatic rings. The van der Waals surface area contributed by atoms with Crippen LogP contribution in [0, 0.1) is 0 Å². The molecule has 0 saturated carbocycles. The van der Waals surface area contributed by atoms with Crippen LogP contribution >= 0.6 is 0 Å². The van der Waals surface area contributed by atoms with Crippen molar-refractivity contribution in [3.63, 3.8) is 0 Å². The molecule has 0 heterocycles. The fraction of sp³-hybridized carbons (Fsp3) is 0.417. The maximum Gasteiger partial charge on any atom is 0.204 e. The number of benzene rings is 1. The molecule has 1 rings (SSSR count). The van der Waals surface area contributed by atoms with Crippen molar-refractivity contribution in [2.24, 2.45) is 0 Å². The standard InChI is InChI=1S/C12H16O4/c1-8(2)16-10-6-5-9(7-13)11(14-3)12(10)15-4/h5-8H,1-4H3. The van der Waals surface area contributed by atoms with Crippen molar-refractivity contribution in [1.82, 2.24) is 0 Å². The number of hydrogen-bond acceptors (Lipinski definition) is 4. The highest BCUT2D eigenvalue weighted by Crippen LogP contribution is 2.39. The molecular formula is C12H16O4. The summed E-state index contributed by atoms with van der Waals surface area (Å²) in [6, 6.07) is 3.34. The van der Waals surface area contributed by atoms with E-state index in [1.807, 2.05) is 13.8 Å². The monoisotopic (exact) mass is 224 g/mol. The van der Waals surface area contributed by atoms with E-state index in [1.165, 1.54) is 14.2 Å². The second-order valence-corrected chi connectivity index (χ2v) is 3.50. The lowest BCUT2D eigenvalue weighted by Gasteiger charge is -2.16. The fourth-order valence-corrected chi connectivity index (χ4v) is 1.40. The van der Waals surface area contributed by atoms with Gasteiger partial charge in [0.1, 0.15) is 0 Å². The zero-order valence-corrected chi connectivity index (χ0v) is 9.94. The maximum atomic E-state index is 10.8. The molecule has 16 heavy (non-hydrogen) atoms. The molecule has 0 aliphatic carbocycles. The number of hydrogen-bond donors (Lipinski definition) is 0. The van der Waals surface area contributed by atoms with Crippen LogP contribution < -0.4 is 14.2 Å². The van der Waals surface area contributed by atoms with E-state index in [9.17, 15) is 4.79 Å². The molecule has 0 spiro atoms. The second kappa shape index (κ2) is 5.39. The number of methoxy groups -OCH3 is 2. The van der Waals surface area contributed by atoms with E-state index >= 15 is 0 Å². The number of carbonyl (C=O) groups excluding carboxylic acids is 1. The van der Waals surface area contributed by atoms with Crippen LogP contribution in [-0.2, 0) is 0 Å². The van der Waals surface area contributed by atoms with Crippen LogP contribution in [0.4, 0.5) is 0 Å². The van der Waals surface area contributed by atoms with E-state index < -0.39 is 0 Å². The Morgan fingerprint density at radius 3 is 2.19 bits per heavy atom. The van der Waals surface area contributed by atoms with Crippen molar-refractivity contribution in [3.05, 3.63) is 17.7 Å². The summed E-state index contributed by atoms with van der Waals surface area (Å²) in [6.45, 7) is 3.83. The van der Waals surface area contributed by atoms with Crippen LogP contribution in [-0.4, -0.2) is 26.6 Å². The third-order valence-electron chi connectivity index (χ3n) is 2.00. The van der Waals surface area contributed by atoms with Crippen molar-refractivity contribution >= 4 is 6.29 Å². The van der Waals surface area contributed by atoms with E-state index in [4.69, 9.17) is 14.2 Å². The zero-order valence-electron chi connectivity index (χ0n) is 9.94. The maximum absolute atomic E-state index is 10.8. The summed E-state index contributed by atoms with van der Waals surface area (Å²) in [5.74, 6) is 1.41. The lowest BCUT2D eigenvalue weighted by molar-refractivity contribution is 0.111. The summed E-state index contributed by atoms with van der Waals surface area (Å²) in [5, 5.41) is 0. The molecule has 88 valence electrons. The Morgan fingerprint density at radius 2 is 1.75 bits per heavy atom. The Balaban J connectivity index is 3.25. The van der Waals surface area contributed by atoms with Crippen molar-refractivity contribution in [1.29, 1.82) is 0 Å². The van der Waals surface area contributed by atoms with Crippen molar-refractivity contribution in [2.45, 2.75) is 20.0 Å². The van der Waals surface area contributed by atoms with Crippen LogP contribution in [0.1, 0.15) is 24.2 Å². The molecule has 1 aromatic carbocycles. The van der Waals surface area contributed by atoms with Gasteiger partial charge in [-0.15, -0.1) is 0 Å². The van der Waals surface area contributed by atoms with Gasteiger partial charge in [-0.25, -0.2) is 0 Å². The highest BCUT2D eigenvalue weighted by molar-refractivity contribution is 5.82. The number of ether oxygens (including phenoxy) is 3. The van der Waals surface area contributed by atoms with Gasteiger partial charge in [-0.3, -0.25) is 4.79 Å². The molecular weight excluding hydrogens is 208 g/mol. The van der Waals surface area contributed by atoms with Crippen LogP contribution in [0.25, 0.3) is 0 Å². The Kier molecular flexibility index (Phi) is 4.17. The van der Waals surface area contributed by atoms with E-state index in [0.29, 0.717) is 22.8 Å². The normalized spacial score (nSPS) is 10.1. The van der Waals surface area contributed by atoms with Crippen LogP contribution in [0.15, 0.2) is 12.1 Å². The number of carbonyl (C=O) groups is 1. The van der Waals surface area contributed by atoms with Gasteiger partial charge >= 0.3 is 0 Å². The fourth-order valence-electron chi connectivity index (χ4n) is 1.40. The molecule has 0 unspecified atom stereocenters. The highest BCUT2D eigenvalue weighted by atomic mass is 16.5. The van der Waals surface area contributed by atoms with Gasteiger partial charge < -0.3 is 14.2 Å². The molecule has 0 N–H and O–H groups in total. The van der Waals surface area contributed by atoms with Crippen LogP contribution in [0.5, 0.6) is 17.2 Å². The summed E-state index contributed by atoms with van der Waals surface area (Å²) in [5.41, 5.74) is 0.440. The molecule has 0 atom stereocenters. The Labute approximate surface area is 95.1 Å². The van der Waals surface area contributed by atoms with E-state index in [1.54, 1.807) is 12.1 Å².